The third-order valence-corrected chi connectivity index (χ3v) is 5.67. The number of hydrogen-bond donors (Lipinski definition) is 3. The van der Waals surface area contributed by atoms with Crippen molar-refractivity contribution in [1.29, 1.82) is 0 Å². The summed E-state index contributed by atoms with van der Waals surface area (Å²) in [6.07, 6.45) is 7.94. The molecule has 2 aliphatic heterocycles. The number of carboxylic acid groups (broad SMARTS) is 1. The van der Waals surface area contributed by atoms with Crippen molar-refractivity contribution in [3.8, 4) is 0 Å². The fourth-order valence-electron chi connectivity index (χ4n) is 4.55. The molecule has 0 aliphatic carbocycles. The first kappa shape index (κ1) is 22.5. The fraction of sp³-hybridized carbons (Fsp3) is 0.409. The Hall–Kier alpha value is -3.73. The number of aryl methyl sites for hydroxylation is 1. The molecule has 11 heteroatoms. The molecule has 1 saturated heterocycles. The first-order valence-corrected chi connectivity index (χ1v) is 10.9. The molecule has 5 rings (SSSR count). The lowest BCUT2D eigenvalue weighted by Gasteiger charge is -2.38. The number of piperazine rings is 1. The number of nitrogens with zero attached hydrogens (tertiary/aromatic N) is 6. The summed E-state index contributed by atoms with van der Waals surface area (Å²) in [4.78, 5) is 38.7. The molecular weight excluding hydrogens is 424 g/mol. The zero-order chi connectivity index (χ0) is 23.5. The lowest BCUT2D eigenvalue weighted by Crippen LogP contribution is -2.54. The SMILES string of the molecule is Cc1cn2cc(NC(=O)N3CCc4c(N5C[C@@H](C)N[C@@H](C)C5)ccnc43)cnc2n1.O=CO. The van der Waals surface area contributed by atoms with Crippen LogP contribution in [-0.2, 0) is 11.2 Å². The molecule has 3 N–H and O–H groups in total. The van der Waals surface area contributed by atoms with Gasteiger partial charge in [0.15, 0.2) is 0 Å². The minimum atomic E-state index is -0.250. The van der Waals surface area contributed by atoms with Crippen molar-refractivity contribution in [1.82, 2.24) is 24.7 Å². The van der Waals surface area contributed by atoms with Gasteiger partial charge in [-0.15, -0.1) is 0 Å². The van der Waals surface area contributed by atoms with Crippen LogP contribution in [0, 0.1) is 6.92 Å². The second-order valence-corrected chi connectivity index (χ2v) is 8.38. The number of nitrogens with one attached hydrogen (secondary N) is 2. The molecule has 0 radical (unpaired) electrons. The van der Waals surface area contributed by atoms with Crippen molar-refractivity contribution in [2.75, 3.05) is 34.8 Å². The molecule has 2 amide bonds. The van der Waals surface area contributed by atoms with Crippen LogP contribution in [0.4, 0.5) is 22.0 Å². The summed E-state index contributed by atoms with van der Waals surface area (Å²) in [5, 5.41) is 13.4. The third kappa shape index (κ3) is 4.72. The summed E-state index contributed by atoms with van der Waals surface area (Å²) in [6, 6.07) is 2.73. The van der Waals surface area contributed by atoms with E-state index >= 15 is 0 Å². The van der Waals surface area contributed by atoms with Crippen molar-refractivity contribution >= 4 is 35.5 Å². The normalized spacial score (nSPS) is 19.6. The summed E-state index contributed by atoms with van der Waals surface area (Å²) in [5.74, 6) is 1.36. The highest BCUT2D eigenvalue weighted by Gasteiger charge is 2.31. The summed E-state index contributed by atoms with van der Waals surface area (Å²) in [6.45, 7) is 8.58. The summed E-state index contributed by atoms with van der Waals surface area (Å²) >= 11 is 0. The molecule has 0 aromatic carbocycles. The Morgan fingerprint density at radius 3 is 2.70 bits per heavy atom. The molecule has 3 aromatic heterocycles. The van der Waals surface area contributed by atoms with Crippen molar-refractivity contribution < 1.29 is 14.7 Å². The molecule has 2 aliphatic rings. The van der Waals surface area contributed by atoms with Crippen LogP contribution >= 0.6 is 0 Å². The molecule has 2 atom stereocenters. The Kier molecular flexibility index (Phi) is 6.40. The Morgan fingerprint density at radius 1 is 1.24 bits per heavy atom. The molecule has 33 heavy (non-hydrogen) atoms. The van der Waals surface area contributed by atoms with Crippen molar-refractivity contribution in [2.45, 2.75) is 39.3 Å². The van der Waals surface area contributed by atoms with Crippen LogP contribution in [-0.4, -0.2) is 68.7 Å². The van der Waals surface area contributed by atoms with Gasteiger partial charge in [-0.1, -0.05) is 0 Å². The van der Waals surface area contributed by atoms with Gasteiger partial charge in [0, 0.05) is 61.6 Å². The number of urea groups is 1. The number of aromatic nitrogens is 4. The van der Waals surface area contributed by atoms with E-state index in [1.807, 2.05) is 23.7 Å². The standard InChI is InChI=1S/C21H26N8O.CH2O2/c1-13-9-27(10-14(2)24-13)18-4-6-22-19-17(18)5-7-29(19)21(30)26-16-8-23-20-25-15(3)11-28(20)12-16;2-1-3/h4,6,8,11-14,24H,5,7,9-10H2,1-3H3,(H,26,30);1H,(H,2,3)/t13-,14+;. The van der Waals surface area contributed by atoms with Crippen molar-refractivity contribution in [3.05, 3.63) is 42.1 Å². The second-order valence-electron chi connectivity index (χ2n) is 8.38. The smallest absolute Gasteiger partial charge is 0.327 e. The molecule has 0 spiro atoms. The maximum absolute atomic E-state index is 13.0. The first-order chi connectivity index (χ1) is 15.9. The van der Waals surface area contributed by atoms with E-state index in [-0.39, 0.29) is 12.5 Å². The van der Waals surface area contributed by atoms with Gasteiger partial charge in [0.05, 0.1) is 17.6 Å². The van der Waals surface area contributed by atoms with Crippen LogP contribution in [0.2, 0.25) is 0 Å². The van der Waals surface area contributed by atoms with Crippen LogP contribution in [0.3, 0.4) is 0 Å². The predicted octanol–water partition coefficient (Wildman–Crippen LogP) is 1.91. The molecule has 1 fully saturated rings. The van der Waals surface area contributed by atoms with Gasteiger partial charge in [0.2, 0.25) is 5.78 Å². The number of carbonyl (C=O) groups is 2. The van der Waals surface area contributed by atoms with Crippen molar-refractivity contribution in [2.24, 2.45) is 0 Å². The highest BCUT2D eigenvalue weighted by atomic mass is 16.3. The van der Waals surface area contributed by atoms with Crippen LogP contribution in [0.1, 0.15) is 25.1 Å². The van der Waals surface area contributed by atoms with Crippen LogP contribution in [0.15, 0.2) is 30.9 Å². The number of imidazole rings is 1. The number of pyridine rings is 1. The fourth-order valence-corrected chi connectivity index (χ4v) is 4.55. The van der Waals surface area contributed by atoms with E-state index in [1.165, 1.54) is 5.69 Å². The van der Waals surface area contributed by atoms with Gasteiger partial charge in [-0.05, 0) is 33.3 Å². The van der Waals surface area contributed by atoms with Crippen LogP contribution < -0.4 is 20.4 Å². The van der Waals surface area contributed by atoms with Gasteiger partial charge in [0.1, 0.15) is 5.82 Å². The molecular formula is C22H28N8O3. The summed E-state index contributed by atoms with van der Waals surface area (Å²) in [5.41, 5.74) is 3.84. The lowest BCUT2D eigenvalue weighted by atomic mass is 10.1. The van der Waals surface area contributed by atoms with Gasteiger partial charge < -0.3 is 20.6 Å². The number of rotatable bonds is 2. The number of anilines is 3. The minimum absolute atomic E-state index is 0.196. The number of amides is 2. The maximum Gasteiger partial charge on any atom is 0.327 e. The minimum Gasteiger partial charge on any atom is -0.483 e. The Bertz CT molecular complexity index is 1150. The van der Waals surface area contributed by atoms with Gasteiger partial charge in [-0.3, -0.25) is 14.1 Å². The van der Waals surface area contributed by atoms with Crippen molar-refractivity contribution in [3.63, 3.8) is 0 Å². The Balaban J connectivity index is 0.000000821. The zero-order valence-electron chi connectivity index (χ0n) is 18.9. The zero-order valence-corrected chi connectivity index (χ0v) is 18.9. The molecule has 5 heterocycles. The van der Waals surface area contributed by atoms with E-state index in [2.05, 4.69) is 50.4 Å². The Labute approximate surface area is 191 Å². The monoisotopic (exact) mass is 452 g/mol. The molecule has 3 aromatic rings. The third-order valence-electron chi connectivity index (χ3n) is 5.67. The Morgan fingerprint density at radius 2 is 1.97 bits per heavy atom. The van der Waals surface area contributed by atoms with E-state index in [0.717, 1.165) is 36.6 Å². The molecule has 11 nitrogen and oxygen atoms in total. The summed E-state index contributed by atoms with van der Waals surface area (Å²) in [7, 11) is 0. The van der Waals surface area contributed by atoms with Gasteiger partial charge in [-0.2, -0.15) is 0 Å². The van der Waals surface area contributed by atoms with E-state index in [9.17, 15) is 4.79 Å². The van der Waals surface area contributed by atoms with Crippen LogP contribution in [0.5, 0.6) is 0 Å². The predicted molar refractivity (Wildman–Crippen MR) is 125 cm³/mol. The number of fused-ring (bicyclic) bond motifs is 2. The van der Waals surface area contributed by atoms with E-state index < -0.39 is 0 Å². The molecule has 174 valence electrons. The van der Waals surface area contributed by atoms with E-state index in [4.69, 9.17) is 9.90 Å². The van der Waals surface area contributed by atoms with Gasteiger partial charge in [-0.25, -0.2) is 19.7 Å². The van der Waals surface area contributed by atoms with E-state index in [1.54, 1.807) is 17.3 Å². The molecule has 0 saturated carbocycles. The average Bonchev–Trinajstić information content (AvgIpc) is 3.35. The maximum atomic E-state index is 13.0. The highest BCUT2D eigenvalue weighted by Crippen LogP contribution is 2.34. The lowest BCUT2D eigenvalue weighted by molar-refractivity contribution is -0.122. The highest BCUT2D eigenvalue weighted by molar-refractivity contribution is 6.02. The van der Waals surface area contributed by atoms with Gasteiger partial charge in [0.25, 0.3) is 6.47 Å². The summed E-state index contributed by atoms with van der Waals surface area (Å²) < 4.78 is 1.81. The molecule has 0 bridgehead atoms. The first-order valence-electron chi connectivity index (χ1n) is 10.9. The molecule has 0 unspecified atom stereocenters. The topological polar surface area (TPSA) is 128 Å². The second kappa shape index (κ2) is 9.41. The average molecular weight is 453 g/mol. The number of hydrogen-bond acceptors (Lipinski definition) is 7. The van der Waals surface area contributed by atoms with E-state index in [0.29, 0.717) is 30.1 Å². The van der Waals surface area contributed by atoms with Crippen LogP contribution in [0.25, 0.3) is 5.78 Å². The quantitative estimate of drug-likeness (QED) is 0.503. The largest absolute Gasteiger partial charge is 0.483 e. The number of carbonyl (C=O) groups excluding carboxylic acids is 1. The van der Waals surface area contributed by atoms with Gasteiger partial charge >= 0.3 is 6.03 Å².